The summed E-state index contributed by atoms with van der Waals surface area (Å²) in [4.78, 5) is 23.4. The van der Waals surface area contributed by atoms with Gasteiger partial charge in [-0.3, -0.25) is 9.59 Å². The fourth-order valence-electron chi connectivity index (χ4n) is 1.59. The van der Waals surface area contributed by atoms with E-state index in [0.717, 1.165) is 5.56 Å². The quantitative estimate of drug-likeness (QED) is 0.832. The van der Waals surface area contributed by atoms with Crippen LogP contribution in [-0.2, 0) is 4.79 Å². The van der Waals surface area contributed by atoms with Gasteiger partial charge in [0.05, 0.1) is 0 Å². The smallest absolute Gasteiger partial charge is 0.220 e. The van der Waals surface area contributed by atoms with Crippen LogP contribution in [-0.4, -0.2) is 17.2 Å². The van der Waals surface area contributed by atoms with Gasteiger partial charge in [-0.25, -0.2) is 0 Å². The molecule has 0 aliphatic heterocycles. The molecule has 3 nitrogen and oxygen atoms in total. The zero-order valence-corrected chi connectivity index (χ0v) is 11.5. The number of nitrogens with one attached hydrogen (secondary N) is 1. The van der Waals surface area contributed by atoms with Crippen molar-refractivity contribution in [1.82, 2.24) is 5.32 Å². The Morgan fingerprint density at radius 1 is 1.06 bits per heavy atom. The molecule has 0 bridgehead atoms. The van der Waals surface area contributed by atoms with Crippen LogP contribution >= 0.6 is 0 Å². The van der Waals surface area contributed by atoms with E-state index in [0.29, 0.717) is 5.56 Å². The Balaban J connectivity index is 2.47. The average molecular weight is 247 g/mol. The molecular weight excluding hydrogens is 226 g/mol. The molecule has 0 fully saturated rings. The highest BCUT2D eigenvalue weighted by Gasteiger charge is 2.15. The Hall–Kier alpha value is -1.64. The molecule has 0 spiro atoms. The van der Waals surface area contributed by atoms with E-state index in [4.69, 9.17) is 0 Å². The van der Waals surface area contributed by atoms with E-state index >= 15 is 0 Å². The van der Waals surface area contributed by atoms with Gasteiger partial charge in [-0.15, -0.1) is 0 Å². The number of carbonyl (C=O) groups excluding carboxylic acids is 2. The highest BCUT2D eigenvalue weighted by molar-refractivity contribution is 5.98. The topological polar surface area (TPSA) is 46.2 Å². The Morgan fingerprint density at radius 2 is 1.61 bits per heavy atom. The van der Waals surface area contributed by atoms with Crippen molar-refractivity contribution in [2.24, 2.45) is 0 Å². The summed E-state index contributed by atoms with van der Waals surface area (Å²) in [5.74, 6) is -0.0676. The van der Waals surface area contributed by atoms with Crippen LogP contribution in [0.25, 0.3) is 0 Å². The van der Waals surface area contributed by atoms with E-state index in [1.54, 1.807) is 12.1 Å². The number of amides is 1. The summed E-state index contributed by atoms with van der Waals surface area (Å²) in [5, 5.41) is 2.84. The van der Waals surface area contributed by atoms with E-state index < -0.39 is 0 Å². The van der Waals surface area contributed by atoms with Gasteiger partial charge in [-0.1, -0.05) is 29.8 Å². The minimum atomic E-state index is -0.246. The maximum absolute atomic E-state index is 11.8. The van der Waals surface area contributed by atoms with Gasteiger partial charge in [0.1, 0.15) is 0 Å². The monoisotopic (exact) mass is 247 g/mol. The van der Waals surface area contributed by atoms with Crippen LogP contribution in [0, 0.1) is 6.92 Å². The standard InChI is InChI=1S/C15H21NO2/c1-11-5-7-12(8-6-11)13(17)9-10-14(18)16-15(2,3)4/h5-8H,9-10H2,1-4H3,(H,16,18). The van der Waals surface area contributed by atoms with Gasteiger partial charge < -0.3 is 5.32 Å². The molecule has 0 radical (unpaired) electrons. The Morgan fingerprint density at radius 3 is 2.11 bits per heavy atom. The summed E-state index contributed by atoms with van der Waals surface area (Å²) in [7, 11) is 0. The number of carbonyl (C=O) groups is 2. The third-order valence-corrected chi connectivity index (χ3v) is 2.47. The largest absolute Gasteiger partial charge is 0.351 e. The van der Waals surface area contributed by atoms with Gasteiger partial charge >= 0.3 is 0 Å². The summed E-state index contributed by atoms with van der Waals surface area (Å²) in [6.45, 7) is 7.75. The van der Waals surface area contributed by atoms with Crippen molar-refractivity contribution in [1.29, 1.82) is 0 Å². The minimum absolute atomic E-state index is 0.0130. The molecule has 1 aromatic rings. The minimum Gasteiger partial charge on any atom is -0.351 e. The summed E-state index contributed by atoms with van der Waals surface area (Å²) in [6, 6.07) is 7.42. The van der Waals surface area contributed by atoms with Gasteiger partial charge in [0.15, 0.2) is 5.78 Å². The van der Waals surface area contributed by atoms with Gasteiger partial charge in [0.2, 0.25) is 5.91 Å². The molecule has 0 aromatic heterocycles. The molecule has 0 aliphatic rings. The van der Waals surface area contributed by atoms with Crippen LogP contribution in [0.1, 0.15) is 49.5 Å². The highest BCUT2D eigenvalue weighted by atomic mass is 16.2. The first-order valence-electron chi connectivity index (χ1n) is 6.19. The molecule has 18 heavy (non-hydrogen) atoms. The maximum Gasteiger partial charge on any atom is 0.220 e. The van der Waals surface area contributed by atoms with Gasteiger partial charge in [0.25, 0.3) is 0 Å². The van der Waals surface area contributed by atoms with Crippen molar-refractivity contribution >= 4 is 11.7 Å². The predicted molar refractivity (Wildman–Crippen MR) is 72.6 cm³/mol. The highest BCUT2D eigenvalue weighted by Crippen LogP contribution is 2.08. The average Bonchev–Trinajstić information content (AvgIpc) is 2.24. The number of Topliss-reactive ketones (excluding diaryl/α,β-unsaturated/α-hetero) is 1. The molecule has 0 aliphatic carbocycles. The van der Waals surface area contributed by atoms with Crippen LogP contribution < -0.4 is 5.32 Å². The number of benzene rings is 1. The van der Waals surface area contributed by atoms with Crippen molar-refractivity contribution in [3.05, 3.63) is 35.4 Å². The summed E-state index contributed by atoms with van der Waals surface area (Å²) in [5.41, 5.74) is 1.55. The third kappa shape index (κ3) is 5.13. The zero-order chi connectivity index (χ0) is 13.8. The Labute approximate surface area is 109 Å². The normalized spacial score (nSPS) is 11.1. The van der Waals surface area contributed by atoms with Crippen molar-refractivity contribution in [2.45, 2.75) is 46.1 Å². The number of aryl methyl sites for hydroxylation is 1. The van der Waals surface area contributed by atoms with E-state index in [9.17, 15) is 9.59 Å². The van der Waals surface area contributed by atoms with Gasteiger partial charge in [0, 0.05) is 23.9 Å². The van der Waals surface area contributed by atoms with Gasteiger partial charge in [-0.2, -0.15) is 0 Å². The molecule has 1 amide bonds. The van der Waals surface area contributed by atoms with E-state index in [-0.39, 0.29) is 30.1 Å². The Kier molecular flexibility index (Phi) is 4.65. The molecule has 1 rings (SSSR count). The first kappa shape index (κ1) is 14.4. The second-order valence-corrected chi connectivity index (χ2v) is 5.59. The molecule has 0 atom stereocenters. The van der Waals surface area contributed by atoms with Crippen LogP contribution in [0.5, 0.6) is 0 Å². The first-order valence-corrected chi connectivity index (χ1v) is 6.19. The molecule has 1 N–H and O–H groups in total. The van der Waals surface area contributed by atoms with Crippen LogP contribution in [0.3, 0.4) is 0 Å². The lowest BCUT2D eigenvalue weighted by Gasteiger charge is -2.20. The van der Waals surface area contributed by atoms with Crippen molar-refractivity contribution < 1.29 is 9.59 Å². The summed E-state index contributed by atoms with van der Waals surface area (Å²) >= 11 is 0. The van der Waals surface area contributed by atoms with Gasteiger partial charge in [-0.05, 0) is 27.7 Å². The molecule has 0 saturated heterocycles. The summed E-state index contributed by atoms with van der Waals surface area (Å²) < 4.78 is 0. The van der Waals surface area contributed by atoms with Crippen molar-refractivity contribution in [3.8, 4) is 0 Å². The summed E-state index contributed by atoms with van der Waals surface area (Å²) in [6.07, 6.45) is 0.495. The molecular formula is C15H21NO2. The fraction of sp³-hybridized carbons (Fsp3) is 0.467. The van der Waals surface area contributed by atoms with Crippen LogP contribution in [0.4, 0.5) is 0 Å². The first-order chi connectivity index (χ1) is 8.28. The molecule has 0 heterocycles. The van der Waals surface area contributed by atoms with E-state index in [1.807, 2.05) is 39.8 Å². The second-order valence-electron chi connectivity index (χ2n) is 5.59. The lowest BCUT2D eigenvalue weighted by Crippen LogP contribution is -2.40. The predicted octanol–water partition coefficient (Wildman–Crippen LogP) is 2.87. The number of ketones is 1. The molecule has 0 unspecified atom stereocenters. The lowest BCUT2D eigenvalue weighted by atomic mass is 10.0. The molecule has 3 heteroatoms. The molecule has 1 aromatic carbocycles. The fourth-order valence-corrected chi connectivity index (χ4v) is 1.59. The number of hydrogen-bond acceptors (Lipinski definition) is 2. The number of rotatable bonds is 4. The molecule has 98 valence electrons. The second kappa shape index (κ2) is 5.80. The molecule has 0 saturated carbocycles. The van der Waals surface area contributed by atoms with E-state index in [1.165, 1.54) is 0 Å². The third-order valence-electron chi connectivity index (χ3n) is 2.47. The Bertz CT molecular complexity index is 427. The van der Waals surface area contributed by atoms with Crippen molar-refractivity contribution in [2.75, 3.05) is 0 Å². The number of hydrogen-bond donors (Lipinski definition) is 1. The van der Waals surface area contributed by atoms with Crippen LogP contribution in [0.2, 0.25) is 0 Å². The van der Waals surface area contributed by atoms with Crippen LogP contribution in [0.15, 0.2) is 24.3 Å². The van der Waals surface area contributed by atoms with E-state index in [2.05, 4.69) is 5.32 Å². The maximum atomic E-state index is 11.8. The SMILES string of the molecule is Cc1ccc(C(=O)CCC(=O)NC(C)(C)C)cc1. The van der Waals surface area contributed by atoms with Crippen molar-refractivity contribution in [3.63, 3.8) is 0 Å². The lowest BCUT2D eigenvalue weighted by molar-refractivity contribution is -0.122. The zero-order valence-electron chi connectivity index (χ0n) is 11.5.